The van der Waals surface area contributed by atoms with E-state index in [2.05, 4.69) is 84.9 Å². The van der Waals surface area contributed by atoms with Crippen molar-refractivity contribution in [2.24, 2.45) is 0 Å². The Labute approximate surface area is 121 Å². The maximum atomic E-state index is 2.51. The molecule has 1 aromatic heterocycles. The van der Waals surface area contributed by atoms with E-state index in [1.54, 1.807) is 0 Å². The minimum atomic E-state index is -1.35. The Morgan fingerprint density at radius 3 is 2.20 bits per heavy atom. The van der Waals surface area contributed by atoms with Crippen LogP contribution in [0.2, 0.25) is 19.6 Å². The summed E-state index contributed by atoms with van der Waals surface area (Å²) in [5.41, 5.74) is 2.72. The molecule has 2 heteroatoms. The second-order valence-electron chi connectivity index (χ2n) is 6.41. The predicted molar refractivity (Wildman–Crippen MR) is 90.5 cm³/mol. The monoisotopic (exact) mass is 279 g/mol. The van der Waals surface area contributed by atoms with Gasteiger partial charge in [-0.3, -0.25) is 0 Å². The van der Waals surface area contributed by atoms with Crippen LogP contribution in [0.4, 0.5) is 0 Å². The molecule has 0 unspecified atom stereocenters. The van der Waals surface area contributed by atoms with Crippen LogP contribution in [0, 0.1) is 0 Å². The van der Waals surface area contributed by atoms with Gasteiger partial charge in [-0.1, -0.05) is 68.2 Å². The van der Waals surface area contributed by atoms with Gasteiger partial charge in [0.2, 0.25) is 0 Å². The van der Waals surface area contributed by atoms with Crippen molar-refractivity contribution in [1.29, 1.82) is 0 Å². The number of para-hydroxylation sites is 1. The lowest BCUT2D eigenvalue weighted by atomic mass is 10.2. The van der Waals surface area contributed by atoms with Crippen LogP contribution in [0.25, 0.3) is 10.9 Å². The van der Waals surface area contributed by atoms with Crippen molar-refractivity contribution in [2.75, 3.05) is 0 Å². The van der Waals surface area contributed by atoms with Gasteiger partial charge in [-0.25, -0.2) is 0 Å². The first kappa shape index (κ1) is 13.2. The number of rotatable bonds is 3. The fraction of sp³-hybridized carbons (Fsp3) is 0.222. The van der Waals surface area contributed by atoms with E-state index in [0.717, 1.165) is 6.54 Å². The van der Waals surface area contributed by atoms with Crippen LogP contribution < -0.4 is 5.32 Å². The molecule has 0 saturated heterocycles. The molecule has 3 aromatic rings. The first-order valence-electron chi connectivity index (χ1n) is 7.18. The average molecular weight is 279 g/mol. The molecule has 1 nitrogen and oxygen atoms in total. The molecule has 0 N–H and O–H groups in total. The topological polar surface area (TPSA) is 4.93 Å². The van der Waals surface area contributed by atoms with Gasteiger partial charge in [0.1, 0.15) is 0 Å². The largest absolute Gasteiger partial charge is 0.344 e. The van der Waals surface area contributed by atoms with Crippen molar-refractivity contribution in [3.8, 4) is 0 Å². The van der Waals surface area contributed by atoms with Gasteiger partial charge in [0.15, 0.2) is 0 Å². The molecular formula is C18H21NSi. The molecule has 0 amide bonds. The van der Waals surface area contributed by atoms with Crippen LogP contribution in [0.5, 0.6) is 0 Å². The van der Waals surface area contributed by atoms with Crippen LogP contribution in [-0.4, -0.2) is 12.6 Å². The zero-order valence-electron chi connectivity index (χ0n) is 12.4. The summed E-state index contributed by atoms with van der Waals surface area (Å²) in [6, 6.07) is 21.9. The van der Waals surface area contributed by atoms with Crippen LogP contribution >= 0.6 is 0 Å². The zero-order chi connectivity index (χ0) is 14.2. The second-order valence-corrected chi connectivity index (χ2v) is 11.4. The molecule has 0 aliphatic carbocycles. The highest BCUT2D eigenvalue weighted by Gasteiger charge is 2.22. The fourth-order valence-corrected chi connectivity index (χ4v) is 4.37. The molecule has 0 aliphatic rings. The summed E-state index contributed by atoms with van der Waals surface area (Å²) in [4.78, 5) is 0. The summed E-state index contributed by atoms with van der Waals surface area (Å²) in [5, 5.41) is 2.89. The average Bonchev–Trinajstić information content (AvgIpc) is 2.79. The molecule has 0 saturated carbocycles. The maximum absolute atomic E-state index is 2.51. The predicted octanol–water partition coefficient (Wildman–Crippen LogP) is 4.23. The number of hydrogen-bond acceptors (Lipinski definition) is 0. The lowest BCUT2D eigenvalue weighted by molar-refractivity contribution is 0.856. The van der Waals surface area contributed by atoms with Crippen molar-refractivity contribution < 1.29 is 0 Å². The van der Waals surface area contributed by atoms with E-state index < -0.39 is 8.07 Å². The number of benzene rings is 2. The van der Waals surface area contributed by atoms with E-state index in [-0.39, 0.29) is 0 Å². The van der Waals surface area contributed by atoms with E-state index >= 15 is 0 Å². The minimum absolute atomic E-state index is 0.966. The zero-order valence-corrected chi connectivity index (χ0v) is 13.4. The normalized spacial score (nSPS) is 11.9. The molecule has 0 radical (unpaired) electrons. The van der Waals surface area contributed by atoms with Crippen molar-refractivity contribution in [3.63, 3.8) is 0 Å². The Hall–Kier alpha value is -1.80. The van der Waals surface area contributed by atoms with E-state index in [9.17, 15) is 0 Å². The first-order valence-corrected chi connectivity index (χ1v) is 10.7. The molecule has 2 aromatic carbocycles. The van der Waals surface area contributed by atoms with Gasteiger partial charge in [0.05, 0.1) is 8.07 Å². The minimum Gasteiger partial charge on any atom is -0.344 e. The van der Waals surface area contributed by atoms with Crippen LogP contribution in [-0.2, 0) is 6.54 Å². The van der Waals surface area contributed by atoms with Gasteiger partial charge in [0, 0.05) is 17.4 Å². The first-order chi connectivity index (χ1) is 9.55. The third-order valence-corrected chi connectivity index (χ3v) is 5.71. The van der Waals surface area contributed by atoms with Gasteiger partial charge in [-0.05, 0) is 23.1 Å². The molecule has 0 bridgehead atoms. The lowest BCUT2D eigenvalue weighted by Crippen LogP contribution is -2.42. The standard InChI is InChI=1S/C18H21NSi/c1-20(2,3)18-13-16-11-7-8-12-17(16)19(18)14-15-9-5-4-6-10-15/h4-13H,14H2,1-3H3. The molecule has 20 heavy (non-hydrogen) atoms. The summed E-state index contributed by atoms with van der Waals surface area (Å²) in [7, 11) is -1.35. The van der Waals surface area contributed by atoms with Gasteiger partial charge < -0.3 is 4.57 Å². The van der Waals surface area contributed by atoms with Crippen molar-refractivity contribution in [3.05, 3.63) is 66.2 Å². The van der Waals surface area contributed by atoms with Crippen LogP contribution in [0.15, 0.2) is 60.7 Å². The highest BCUT2D eigenvalue weighted by atomic mass is 28.3. The summed E-state index contributed by atoms with van der Waals surface area (Å²) in [6.07, 6.45) is 0. The highest BCUT2D eigenvalue weighted by molar-refractivity contribution is 6.88. The van der Waals surface area contributed by atoms with Crippen molar-refractivity contribution >= 4 is 24.3 Å². The number of aromatic nitrogens is 1. The van der Waals surface area contributed by atoms with E-state index in [4.69, 9.17) is 0 Å². The van der Waals surface area contributed by atoms with Crippen LogP contribution in [0.3, 0.4) is 0 Å². The van der Waals surface area contributed by atoms with E-state index in [1.807, 2.05) is 0 Å². The third kappa shape index (κ3) is 2.43. The summed E-state index contributed by atoms with van der Waals surface area (Å²) >= 11 is 0. The lowest BCUT2D eigenvalue weighted by Gasteiger charge is -2.20. The SMILES string of the molecule is C[Si](C)(C)c1cc2ccccc2n1Cc1ccccc1. The number of fused-ring (bicyclic) bond motifs is 1. The Balaban J connectivity index is 2.16. The van der Waals surface area contributed by atoms with Crippen molar-refractivity contribution in [2.45, 2.75) is 26.2 Å². The number of hydrogen-bond donors (Lipinski definition) is 0. The fourth-order valence-electron chi connectivity index (χ4n) is 2.77. The molecule has 1 heterocycles. The van der Waals surface area contributed by atoms with E-state index in [1.165, 1.54) is 21.8 Å². The summed E-state index contributed by atoms with van der Waals surface area (Å²) < 4.78 is 2.51. The molecule has 102 valence electrons. The Bertz CT molecular complexity index is 720. The summed E-state index contributed by atoms with van der Waals surface area (Å²) in [6.45, 7) is 8.22. The maximum Gasteiger partial charge on any atom is 0.0985 e. The molecule has 0 aliphatic heterocycles. The van der Waals surface area contributed by atoms with Crippen molar-refractivity contribution in [1.82, 2.24) is 4.57 Å². The highest BCUT2D eigenvalue weighted by Crippen LogP contribution is 2.18. The van der Waals surface area contributed by atoms with Gasteiger partial charge in [-0.2, -0.15) is 0 Å². The molecule has 0 spiro atoms. The molecule has 3 rings (SSSR count). The Kier molecular flexibility index (Phi) is 3.26. The quantitative estimate of drug-likeness (QED) is 0.632. The third-order valence-electron chi connectivity index (χ3n) is 3.76. The second kappa shape index (κ2) is 4.95. The molecule has 0 fully saturated rings. The summed E-state index contributed by atoms with van der Waals surface area (Å²) in [5.74, 6) is 0. The van der Waals surface area contributed by atoms with E-state index in [0.29, 0.717) is 0 Å². The smallest absolute Gasteiger partial charge is 0.0985 e. The molecular weight excluding hydrogens is 258 g/mol. The number of nitrogens with zero attached hydrogens (tertiary/aromatic N) is 1. The Morgan fingerprint density at radius 1 is 0.850 bits per heavy atom. The molecule has 0 atom stereocenters. The van der Waals surface area contributed by atoms with Crippen LogP contribution in [0.1, 0.15) is 5.56 Å². The van der Waals surface area contributed by atoms with Gasteiger partial charge in [0.25, 0.3) is 0 Å². The Morgan fingerprint density at radius 2 is 1.50 bits per heavy atom. The van der Waals surface area contributed by atoms with Gasteiger partial charge in [-0.15, -0.1) is 0 Å². The van der Waals surface area contributed by atoms with Gasteiger partial charge >= 0.3 is 0 Å².